The highest BCUT2D eigenvalue weighted by molar-refractivity contribution is 7.82. The topological polar surface area (TPSA) is 46.3 Å². The number of carbonyl (C=O) groups excluding carboxylic acids is 1. The van der Waals surface area contributed by atoms with Gasteiger partial charge in [-0.2, -0.15) is 4.98 Å². The van der Waals surface area contributed by atoms with Crippen LogP contribution in [0.2, 0.25) is 0 Å². The summed E-state index contributed by atoms with van der Waals surface area (Å²) in [6, 6.07) is 0. The number of carbonyl (C=O) groups is 1. The number of hydrogen-bond donors (Lipinski definition) is 1. The van der Waals surface area contributed by atoms with Crippen LogP contribution in [0.25, 0.3) is 0 Å². The number of aromatic nitrogens is 1. The number of rotatable bonds is 2. The number of hydrogen-bond acceptors (Lipinski definition) is 4. The van der Waals surface area contributed by atoms with E-state index in [-0.39, 0.29) is 12.4 Å². The van der Waals surface area contributed by atoms with Crippen molar-refractivity contribution in [2.24, 2.45) is 0 Å². The second kappa shape index (κ2) is 4.19. The lowest BCUT2D eigenvalue weighted by molar-refractivity contribution is -0.106. The number of halogens is 1. The van der Waals surface area contributed by atoms with Crippen LogP contribution in [0.5, 0.6) is 0 Å². The van der Waals surface area contributed by atoms with E-state index in [0.717, 1.165) is 4.31 Å². The smallest absolute Gasteiger partial charge is 0.225 e. The van der Waals surface area contributed by atoms with Gasteiger partial charge < -0.3 is 4.42 Å². The van der Waals surface area contributed by atoms with E-state index >= 15 is 0 Å². The molecule has 0 radical (unpaired) electrons. The highest BCUT2D eigenvalue weighted by Crippen LogP contribution is 2.08. The monoisotopic (exact) mass is 180 g/mol. The highest BCUT2D eigenvalue weighted by Gasteiger charge is 1.99. The Bertz CT molecular complexity index is 191. The van der Waals surface area contributed by atoms with Crippen LogP contribution in [0.4, 0.5) is 5.82 Å². The second-order valence-corrected chi connectivity index (χ2v) is 1.73. The summed E-state index contributed by atoms with van der Waals surface area (Å²) in [5, 5.41) is 0. The lowest BCUT2D eigenvalue weighted by Crippen LogP contribution is -2.05. The Labute approximate surface area is 69.2 Å². The van der Waals surface area contributed by atoms with Crippen LogP contribution in [0.15, 0.2) is 17.1 Å². The molecule has 0 saturated heterocycles. The molecule has 1 aromatic heterocycles. The summed E-state index contributed by atoms with van der Waals surface area (Å²) < 4.78 is 5.59. The minimum Gasteiger partial charge on any atom is -0.449 e. The summed E-state index contributed by atoms with van der Waals surface area (Å²) in [6.45, 7) is 0. The van der Waals surface area contributed by atoms with E-state index in [1.807, 2.05) is 0 Å². The first kappa shape index (κ1) is 9.32. The predicted molar refractivity (Wildman–Crippen MR) is 41.3 cm³/mol. The molecule has 56 valence electrons. The maximum atomic E-state index is 9.97. The molecule has 0 fully saturated rings. The van der Waals surface area contributed by atoms with Crippen LogP contribution >= 0.6 is 25.2 Å². The van der Waals surface area contributed by atoms with E-state index in [4.69, 9.17) is 0 Å². The minimum absolute atomic E-state index is 0. The molecule has 0 aromatic carbocycles. The maximum absolute atomic E-state index is 9.97. The zero-order valence-electron chi connectivity index (χ0n) is 4.80. The fraction of sp³-hybridized carbons (Fsp3) is 0. The van der Waals surface area contributed by atoms with Crippen LogP contribution < -0.4 is 4.31 Å². The van der Waals surface area contributed by atoms with Crippen molar-refractivity contribution in [3.63, 3.8) is 0 Å². The highest BCUT2D eigenvalue weighted by atomic mass is 35.5. The zero-order chi connectivity index (χ0) is 6.69. The summed E-state index contributed by atoms with van der Waals surface area (Å²) in [6.07, 6.45) is 3.07. The molecule has 1 aromatic rings. The number of amides is 1. The lowest BCUT2D eigenvalue weighted by Gasteiger charge is -1.99. The van der Waals surface area contributed by atoms with Crippen molar-refractivity contribution < 1.29 is 9.21 Å². The molecule has 1 heterocycles. The van der Waals surface area contributed by atoms with Gasteiger partial charge in [0.1, 0.15) is 6.26 Å². The predicted octanol–water partition coefficient (Wildman–Crippen LogP) is 0.904. The summed E-state index contributed by atoms with van der Waals surface area (Å²) in [7, 11) is 0. The van der Waals surface area contributed by atoms with Gasteiger partial charge in [0, 0.05) is 0 Å². The van der Waals surface area contributed by atoms with Crippen molar-refractivity contribution in [1.29, 1.82) is 0 Å². The van der Waals surface area contributed by atoms with Crippen molar-refractivity contribution in [2.75, 3.05) is 4.31 Å². The average molecular weight is 181 g/mol. The van der Waals surface area contributed by atoms with Gasteiger partial charge in [0.05, 0.1) is 0 Å². The third-order valence-corrected chi connectivity index (χ3v) is 1.05. The molecule has 0 aliphatic heterocycles. The molecule has 1 rings (SSSR count). The van der Waals surface area contributed by atoms with Crippen molar-refractivity contribution in [3.05, 3.63) is 12.7 Å². The summed E-state index contributed by atoms with van der Waals surface area (Å²) >= 11 is 3.73. The molecule has 4 nitrogen and oxygen atoms in total. The SMILES string of the molecule is Cl.O=CN(S)c1cocn1. The van der Waals surface area contributed by atoms with E-state index in [1.165, 1.54) is 12.7 Å². The Hall–Kier alpha value is -0.680. The lowest BCUT2D eigenvalue weighted by atomic mass is 10.8. The van der Waals surface area contributed by atoms with E-state index in [1.54, 1.807) is 0 Å². The Morgan fingerprint density at radius 1 is 1.80 bits per heavy atom. The van der Waals surface area contributed by atoms with E-state index < -0.39 is 0 Å². The molecular weight excluding hydrogens is 176 g/mol. The molecule has 0 spiro atoms. The third kappa shape index (κ3) is 1.93. The average Bonchev–Trinajstić information content (AvgIpc) is 2.37. The molecule has 10 heavy (non-hydrogen) atoms. The fourth-order valence-electron chi connectivity index (χ4n) is 0.373. The Morgan fingerprint density at radius 2 is 2.50 bits per heavy atom. The first-order chi connectivity index (χ1) is 4.34. The van der Waals surface area contributed by atoms with Crippen LogP contribution in [-0.4, -0.2) is 11.4 Å². The molecule has 0 N–H and O–H groups in total. The van der Waals surface area contributed by atoms with Crippen LogP contribution in [0.1, 0.15) is 0 Å². The van der Waals surface area contributed by atoms with E-state index in [9.17, 15) is 4.79 Å². The van der Waals surface area contributed by atoms with Crippen molar-refractivity contribution in [3.8, 4) is 0 Å². The van der Waals surface area contributed by atoms with Gasteiger partial charge in [-0.05, 0) is 0 Å². The van der Waals surface area contributed by atoms with Gasteiger partial charge in [0.25, 0.3) is 0 Å². The molecule has 0 aliphatic rings. The van der Waals surface area contributed by atoms with Gasteiger partial charge in [0.15, 0.2) is 12.2 Å². The number of nitrogens with zero attached hydrogens (tertiary/aromatic N) is 2. The molecular formula is C4H5ClN2O2S. The van der Waals surface area contributed by atoms with Gasteiger partial charge in [-0.15, -0.1) is 12.4 Å². The molecule has 1 amide bonds. The molecule has 6 heteroatoms. The summed E-state index contributed by atoms with van der Waals surface area (Å²) in [4.78, 5) is 13.6. The van der Waals surface area contributed by atoms with Gasteiger partial charge in [-0.1, -0.05) is 12.8 Å². The van der Waals surface area contributed by atoms with Crippen molar-refractivity contribution >= 4 is 37.4 Å². The number of anilines is 1. The van der Waals surface area contributed by atoms with Crippen molar-refractivity contribution in [1.82, 2.24) is 4.98 Å². The molecule has 0 atom stereocenters. The van der Waals surface area contributed by atoms with Gasteiger partial charge in [-0.25, -0.2) is 4.31 Å². The Balaban J connectivity index is 0.000000810. The van der Waals surface area contributed by atoms with Gasteiger partial charge in [-0.3, -0.25) is 4.79 Å². The Morgan fingerprint density at radius 3 is 2.90 bits per heavy atom. The third-order valence-electron chi connectivity index (χ3n) is 0.754. The number of oxazole rings is 1. The molecule has 0 aliphatic carbocycles. The standard InChI is InChI=1S/C4H4N2O2S.ClH/c7-3-6(9)4-1-8-2-5-4;/h1-3,9H;1H. The zero-order valence-corrected chi connectivity index (χ0v) is 6.51. The molecule has 0 saturated carbocycles. The van der Waals surface area contributed by atoms with E-state index in [2.05, 4.69) is 22.2 Å². The second-order valence-electron chi connectivity index (χ2n) is 1.30. The largest absolute Gasteiger partial charge is 0.449 e. The molecule has 0 bridgehead atoms. The number of thiol groups is 1. The van der Waals surface area contributed by atoms with E-state index in [0.29, 0.717) is 12.2 Å². The summed E-state index contributed by atoms with van der Waals surface area (Å²) in [5.41, 5.74) is 0. The minimum atomic E-state index is 0. The maximum Gasteiger partial charge on any atom is 0.225 e. The van der Waals surface area contributed by atoms with Gasteiger partial charge >= 0.3 is 0 Å². The first-order valence-corrected chi connectivity index (χ1v) is 2.56. The van der Waals surface area contributed by atoms with Gasteiger partial charge in [0.2, 0.25) is 6.41 Å². The summed E-state index contributed by atoms with van der Waals surface area (Å²) in [5.74, 6) is 0.383. The van der Waals surface area contributed by atoms with Crippen LogP contribution in [-0.2, 0) is 4.79 Å². The fourth-order valence-corrected chi connectivity index (χ4v) is 0.472. The quantitative estimate of drug-likeness (QED) is 0.544. The van der Waals surface area contributed by atoms with Crippen LogP contribution in [0.3, 0.4) is 0 Å². The molecule has 0 unspecified atom stereocenters. The normalized spacial score (nSPS) is 8.10. The Kier molecular flexibility index (Phi) is 3.90. The van der Waals surface area contributed by atoms with Crippen LogP contribution in [0, 0.1) is 0 Å². The van der Waals surface area contributed by atoms with Crippen molar-refractivity contribution in [2.45, 2.75) is 0 Å². The first-order valence-electron chi connectivity index (χ1n) is 2.16.